The molecule has 0 saturated carbocycles. The van der Waals surface area contributed by atoms with Crippen LogP contribution in [-0.2, 0) is 20.7 Å². The highest BCUT2D eigenvalue weighted by molar-refractivity contribution is 5.95. The van der Waals surface area contributed by atoms with Crippen molar-refractivity contribution in [1.29, 1.82) is 0 Å². The van der Waals surface area contributed by atoms with Crippen LogP contribution in [-0.4, -0.2) is 38.2 Å². The Kier molecular flexibility index (Phi) is 6.90. The number of hydrogen-bond donors (Lipinski definition) is 1. The molecule has 1 amide bonds. The minimum absolute atomic E-state index is 0.343. The van der Waals surface area contributed by atoms with E-state index < -0.39 is 24.0 Å². The normalized spacial score (nSPS) is 12.9. The number of nitrogens with one attached hydrogen (secondary N) is 1. The highest BCUT2D eigenvalue weighted by Gasteiger charge is 2.28. The van der Waals surface area contributed by atoms with Gasteiger partial charge < -0.3 is 10.1 Å². The van der Waals surface area contributed by atoms with Crippen LogP contribution in [0.2, 0.25) is 0 Å². The number of tetrazole rings is 1. The van der Waals surface area contributed by atoms with Crippen molar-refractivity contribution < 1.29 is 14.3 Å². The standard InChI is InChI=1S/C22H25N5O3/c1-15(2)18-9-11-19(12-10-18)24-21(28)16(3)30-22(29)20(27-14-23-25-26-27)13-17-7-5-4-6-8-17/h4-12,14-16,20H,13H2,1-3H3,(H,24,28)/t16-,20+/m0/s1. The van der Waals surface area contributed by atoms with Crippen LogP contribution in [0, 0.1) is 0 Å². The van der Waals surface area contributed by atoms with Crippen LogP contribution in [0.1, 0.15) is 43.9 Å². The van der Waals surface area contributed by atoms with Crippen molar-refractivity contribution >= 4 is 17.6 Å². The van der Waals surface area contributed by atoms with Crippen molar-refractivity contribution in [2.45, 2.75) is 45.3 Å². The topological polar surface area (TPSA) is 99.0 Å². The molecule has 0 radical (unpaired) electrons. The molecule has 0 fully saturated rings. The van der Waals surface area contributed by atoms with Gasteiger partial charge in [0.05, 0.1) is 0 Å². The van der Waals surface area contributed by atoms with Gasteiger partial charge in [-0.1, -0.05) is 56.3 Å². The number of anilines is 1. The van der Waals surface area contributed by atoms with Crippen LogP contribution in [0.25, 0.3) is 0 Å². The molecule has 1 N–H and O–H groups in total. The summed E-state index contributed by atoms with van der Waals surface area (Å²) < 4.78 is 6.78. The second-order valence-electron chi connectivity index (χ2n) is 7.34. The van der Waals surface area contributed by atoms with Gasteiger partial charge in [-0.3, -0.25) is 4.79 Å². The van der Waals surface area contributed by atoms with Crippen LogP contribution in [0.15, 0.2) is 60.9 Å². The summed E-state index contributed by atoms with van der Waals surface area (Å²) in [6.07, 6.45) is 0.725. The zero-order chi connectivity index (χ0) is 21.5. The molecule has 30 heavy (non-hydrogen) atoms. The van der Waals surface area contributed by atoms with E-state index in [2.05, 4.69) is 34.7 Å². The summed E-state index contributed by atoms with van der Waals surface area (Å²) in [6, 6.07) is 16.3. The van der Waals surface area contributed by atoms with Crippen LogP contribution in [0.5, 0.6) is 0 Å². The fourth-order valence-electron chi connectivity index (χ4n) is 2.93. The number of amides is 1. The molecule has 2 aromatic carbocycles. The molecule has 0 spiro atoms. The number of rotatable bonds is 8. The molecular weight excluding hydrogens is 382 g/mol. The maximum atomic E-state index is 12.8. The predicted molar refractivity (Wildman–Crippen MR) is 112 cm³/mol. The summed E-state index contributed by atoms with van der Waals surface area (Å²) in [5.74, 6) is -0.581. The zero-order valence-corrected chi connectivity index (χ0v) is 17.2. The molecule has 3 aromatic rings. The van der Waals surface area contributed by atoms with E-state index in [4.69, 9.17) is 4.74 Å². The highest BCUT2D eigenvalue weighted by Crippen LogP contribution is 2.19. The van der Waals surface area contributed by atoms with Gasteiger partial charge >= 0.3 is 5.97 Å². The number of nitrogens with zero attached hydrogens (tertiary/aromatic N) is 4. The molecule has 2 atom stereocenters. The van der Waals surface area contributed by atoms with E-state index in [1.54, 1.807) is 0 Å². The van der Waals surface area contributed by atoms with Crippen LogP contribution < -0.4 is 5.32 Å². The van der Waals surface area contributed by atoms with Crippen LogP contribution in [0.3, 0.4) is 0 Å². The average Bonchev–Trinajstić information content (AvgIpc) is 3.27. The third kappa shape index (κ3) is 5.50. The molecule has 8 heteroatoms. The predicted octanol–water partition coefficient (Wildman–Crippen LogP) is 3.15. The van der Waals surface area contributed by atoms with E-state index in [-0.39, 0.29) is 0 Å². The van der Waals surface area contributed by atoms with Crippen molar-refractivity contribution in [1.82, 2.24) is 20.2 Å². The second kappa shape index (κ2) is 9.78. The summed E-state index contributed by atoms with van der Waals surface area (Å²) >= 11 is 0. The van der Waals surface area contributed by atoms with Crippen molar-refractivity contribution in [3.8, 4) is 0 Å². The van der Waals surface area contributed by atoms with Crippen molar-refractivity contribution in [2.75, 3.05) is 5.32 Å². The molecule has 0 unspecified atom stereocenters. The highest BCUT2D eigenvalue weighted by atomic mass is 16.5. The van der Waals surface area contributed by atoms with Gasteiger partial charge in [-0.05, 0) is 46.5 Å². The van der Waals surface area contributed by atoms with Crippen molar-refractivity contribution in [3.05, 3.63) is 72.1 Å². The van der Waals surface area contributed by atoms with E-state index in [1.165, 1.54) is 23.5 Å². The molecular formula is C22H25N5O3. The number of carbonyl (C=O) groups is 2. The Morgan fingerprint density at radius 3 is 2.33 bits per heavy atom. The number of esters is 1. The first-order valence-electron chi connectivity index (χ1n) is 9.81. The molecule has 8 nitrogen and oxygen atoms in total. The lowest BCUT2D eigenvalue weighted by Crippen LogP contribution is -2.34. The number of ether oxygens (including phenoxy) is 1. The summed E-state index contributed by atoms with van der Waals surface area (Å²) in [6.45, 7) is 5.74. The Morgan fingerprint density at radius 1 is 1.03 bits per heavy atom. The zero-order valence-electron chi connectivity index (χ0n) is 17.2. The lowest BCUT2D eigenvalue weighted by Gasteiger charge is -2.19. The second-order valence-corrected chi connectivity index (χ2v) is 7.34. The SMILES string of the molecule is CC(C)c1ccc(NC(=O)[C@H](C)OC(=O)[C@@H](Cc2ccccc2)n2cnnn2)cc1. The van der Waals surface area contributed by atoms with Gasteiger partial charge in [0.25, 0.3) is 5.91 Å². The number of aromatic nitrogens is 4. The Morgan fingerprint density at radius 2 is 1.73 bits per heavy atom. The Balaban J connectivity index is 1.64. The van der Waals surface area contributed by atoms with Gasteiger partial charge in [0, 0.05) is 12.1 Å². The van der Waals surface area contributed by atoms with Gasteiger partial charge in [0.15, 0.2) is 12.1 Å². The fourth-order valence-corrected chi connectivity index (χ4v) is 2.93. The van der Waals surface area contributed by atoms with Crippen molar-refractivity contribution in [3.63, 3.8) is 0 Å². The molecule has 0 bridgehead atoms. The number of hydrogen-bond acceptors (Lipinski definition) is 6. The largest absolute Gasteiger partial charge is 0.451 e. The molecule has 3 rings (SSSR count). The van der Waals surface area contributed by atoms with Gasteiger partial charge in [-0.2, -0.15) is 0 Å². The number of benzene rings is 2. The minimum Gasteiger partial charge on any atom is -0.451 e. The van der Waals surface area contributed by atoms with E-state index in [1.807, 2.05) is 54.6 Å². The third-order valence-corrected chi connectivity index (χ3v) is 4.74. The fraction of sp³-hybridized carbons (Fsp3) is 0.318. The van der Waals surface area contributed by atoms with Gasteiger partial charge in [0.2, 0.25) is 0 Å². The quantitative estimate of drug-likeness (QED) is 0.576. The Hall–Kier alpha value is -3.55. The first kappa shape index (κ1) is 21.2. The summed E-state index contributed by atoms with van der Waals surface area (Å²) in [5, 5.41) is 13.8. The van der Waals surface area contributed by atoms with E-state index in [9.17, 15) is 9.59 Å². The maximum absolute atomic E-state index is 12.8. The maximum Gasteiger partial charge on any atom is 0.332 e. The van der Waals surface area contributed by atoms with Crippen molar-refractivity contribution in [2.24, 2.45) is 0 Å². The van der Waals surface area contributed by atoms with E-state index in [0.29, 0.717) is 18.0 Å². The molecule has 0 aliphatic heterocycles. The van der Waals surface area contributed by atoms with Crippen LogP contribution >= 0.6 is 0 Å². The molecule has 156 valence electrons. The molecule has 0 aliphatic carbocycles. The monoisotopic (exact) mass is 407 g/mol. The lowest BCUT2D eigenvalue weighted by molar-refractivity contribution is -0.156. The van der Waals surface area contributed by atoms with Gasteiger partial charge in [-0.15, -0.1) is 5.10 Å². The summed E-state index contributed by atoms with van der Waals surface area (Å²) in [5.41, 5.74) is 2.75. The average molecular weight is 407 g/mol. The van der Waals surface area contributed by atoms with Crippen LogP contribution in [0.4, 0.5) is 5.69 Å². The van der Waals surface area contributed by atoms with Gasteiger partial charge in [-0.25, -0.2) is 9.48 Å². The summed E-state index contributed by atoms with van der Waals surface area (Å²) in [7, 11) is 0. The molecule has 1 heterocycles. The number of carbonyl (C=O) groups excluding carboxylic acids is 2. The minimum atomic E-state index is -0.975. The smallest absolute Gasteiger partial charge is 0.332 e. The molecule has 1 aromatic heterocycles. The molecule has 0 aliphatic rings. The Bertz CT molecular complexity index is 956. The summed E-state index contributed by atoms with van der Waals surface area (Å²) in [4.78, 5) is 25.3. The first-order valence-corrected chi connectivity index (χ1v) is 9.81. The van der Waals surface area contributed by atoms with E-state index in [0.717, 1.165) is 5.56 Å². The van der Waals surface area contributed by atoms with Gasteiger partial charge in [0.1, 0.15) is 6.33 Å². The third-order valence-electron chi connectivity index (χ3n) is 4.74. The van der Waals surface area contributed by atoms with E-state index >= 15 is 0 Å². The molecule has 0 saturated heterocycles. The lowest BCUT2D eigenvalue weighted by atomic mass is 10.0. The first-order chi connectivity index (χ1) is 14.4. The Labute approximate surface area is 175 Å².